The van der Waals surface area contributed by atoms with Crippen LogP contribution in [-0.4, -0.2) is 32.4 Å². The van der Waals surface area contributed by atoms with Gasteiger partial charge >= 0.3 is 0 Å². The lowest BCUT2D eigenvalue weighted by molar-refractivity contribution is 0.0948. The monoisotopic (exact) mass is 293 g/mol. The average Bonchev–Trinajstić information content (AvgIpc) is 2.92. The van der Waals surface area contributed by atoms with Gasteiger partial charge in [0.25, 0.3) is 5.91 Å². The van der Waals surface area contributed by atoms with Gasteiger partial charge in [0.05, 0.1) is 17.5 Å². The molecule has 106 valence electrons. The quantitative estimate of drug-likeness (QED) is 0.882. The van der Waals surface area contributed by atoms with E-state index < -0.39 is 0 Å². The van der Waals surface area contributed by atoms with Crippen LogP contribution in [0.4, 0.5) is 0 Å². The molecular weight excluding hydrogens is 278 g/mol. The number of aromatic nitrogens is 4. The summed E-state index contributed by atoms with van der Waals surface area (Å²) < 4.78 is 0. The highest BCUT2D eigenvalue weighted by Crippen LogP contribution is 2.16. The number of imidazole rings is 1. The van der Waals surface area contributed by atoms with Crippen LogP contribution < -0.4 is 5.32 Å². The van der Waals surface area contributed by atoms with Crippen LogP contribution >= 0.6 is 11.6 Å². The third-order valence-electron chi connectivity index (χ3n) is 2.73. The van der Waals surface area contributed by atoms with Gasteiger partial charge in [-0.3, -0.25) is 4.79 Å². The molecule has 7 heteroatoms. The summed E-state index contributed by atoms with van der Waals surface area (Å²) in [5.41, 5.74) is 1.18. The molecule has 0 aliphatic rings. The van der Waals surface area contributed by atoms with Crippen molar-refractivity contribution >= 4 is 17.5 Å². The van der Waals surface area contributed by atoms with E-state index in [1.54, 1.807) is 12.5 Å². The van der Waals surface area contributed by atoms with E-state index in [9.17, 15) is 4.79 Å². The van der Waals surface area contributed by atoms with Gasteiger partial charge in [0.15, 0.2) is 0 Å². The van der Waals surface area contributed by atoms with Crippen LogP contribution in [0.1, 0.15) is 41.8 Å². The number of halogens is 1. The van der Waals surface area contributed by atoms with Gasteiger partial charge in [0, 0.05) is 30.8 Å². The molecule has 2 aromatic heterocycles. The number of hydrogen-bond donors (Lipinski definition) is 2. The van der Waals surface area contributed by atoms with Gasteiger partial charge in [-0.1, -0.05) is 25.4 Å². The topological polar surface area (TPSA) is 83.6 Å². The Morgan fingerprint density at radius 3 is 2.90 bits per heavy atom. The molecule has 1 amide bonds. The number of aromatic amines is 1. The molecule has 0 bridgehead atoms. The highest BCUT2D eigenvalue weighted by molar-refractivity contribution is 6.33. The Hall–Kier alpha value is -1.95. The Kier molecular flexibility index (Phi) is 4.68. The van der Waals surface area contributed by atoms with E-state index in [1.807, 2.05) is 13.8 Å². The van der Waals surface area contributed by atoms with Crippen LogP contribution in [0.3, 0.4) is 0 Å². The van der Waals surface area contributed by atoms with Crippen LogP contribution in [-0.2, 0) is 6.42 Å². The minimum atomic E-state index is -0.293. The van der Waals surface area contributed by atoms with E-state index in [0.29, 0.717) is 18.8 Å². The molecule has 0 atom stereocenters. The van der Waals surface area contributed by atoms with Gasteiger partial charge in [0.2, 0.25) is 0 Å². The van der Waals surface area contributed by atoms with Crippen LogP contribution in [0.25, 0.3) is 0 Å². The standard InChI is InChI=1S/C13H16ClN5O/c1-8(2)12-17-6-10(14)11(19-12)13(20)16-4-3-9-5-15-7-18-9/h5-8H,3-4H2,1-2H3,(H,15,18)(H,16,20). The average molecular weight is 294 g/mol. The van der Waals surface area contributed by atoms with Crippen molar-refractivity contribution in [3.05, 3.63) is 41.0 Å². The van der Waals surface area contributed by atoms with Gasteiger partial charge in [-0.05, 0) is 0 Å². The molecule has 6 nitrogen and oxygen atoms in total. The second-order valence-electron chi connectivity index (χ2n) is 4.66. The number of hydrogen-bond acceptors (Lipinski definition) is 4. The molecule has 0 aliphatic heterocycles. The zero-order chi connectivity index (χ0) is 14.5. The maximum atomic E-state index is 12.1. The molecule has 2 aromatic rings. The molecule has 0 radical (unpaired) electrons. The minimum absolute atomic E-state index is 0.142. The number of H-pyrrole nitrogens is 1. The molecule has 2 N–H and O–H groups in total. The normalized spacial score (nSPS) is 10.8. The molecule has 0 saturated carbocycles. The number of nitrogens with zero attached hydrogens (tertiary/aromatic N) is 3. The van der Waals surface area contributed by atoms with Crippen molar-refractivity contribution in [1.82, 2.24) is 25.3 Å². The van der Waals surface area contributed by atoms with E-state index >= 15 is 0 Å². The van der Waals surface area contributed by atoms with Crippen molar-refractivity contribution in [1.29, 1.82) is 0 Å². The van der Waals surface area contributed by atoms with Crippen LogP contribution in [0.15, 0.2) is 18.7 Å². The summed E-state index contributed by atoms with van der Waals surface area (Å²) in [6.07, 6.45) is 5.47. The first-order chi connectivity index (χ1) is 9.58. The SMILES string of the molecule is CC(C)c1ncc(Cl)c(C(=O)NCCc2cnc[nH]2)n1. The van der Waals surface area contributed by atoms with Crippen molar-refractivity contribution in [2.45, 2.75) is 26.2 Å². The van der Waals surface area contributed by atoms with Crippen molar-refractivity contribution in [2.75, 3.05) is 6.54 Å². The highest BCUT2D eigenvalue weighted by atomic mass is 35.5. The summed E-state index contributed by atoms with van der Waals surface area (Å²) in [5.74, 6) is 0.454. The number of nitrogens with one attached hydrogen (secondary N) is 2. The first-order valence-electron chi connectivity index (χ1n) is 6.36. The Morgan fingerprint density at radius 2 is 2.25 bits per heavy atom. The van der Waals surface area contributed by atoms with Gasteiger partial charge in [-0.25, -0.2) is 15.0 Å². The van der Waals surface area contributed by atoms with Gasteiger partial charge in [0.1, 0.15) is 11.5 Å². The van der Waals surface area contributed by atoms with Crippen LogP contribution in [0, 0.1) is 0 Å². The smallest absolute Gasteiger partial charge is 0.271 e. The summed E-state index contributed by atoms with van der Waals surface area (Å²) in [6, 6.07) is 0. The third-order valence-corrected chi connectivity index (χ3v) is 3.01. The second-order valence-corrected chi connectivity index (χ2v) is 5.07. The molecule has 0 fully saturated rings. The van der Waals surface area contributed by atoms with Crippen molar-refractivity contribution in [3.63, 3.8) is 0 Å². The van der Waals surface area contributed by atoms with Crippen LogP contribution in [0.5, 0.6) is 0 Å². The fourth-order valence-corrected chi connectivity index (χ4v) is 1.81. The first kappa shape index (κ1) is 14.5. The van der Waals surface area contributed by atoms with Crippen molar-refractivity contribution < 1.29 is 4.79 Å². The largest absolute Gasteiger partial charge is 0.350 e. The lowest BCUT2D eigenvalue weighted by atomic mass is 10.2. The molecule has 0 unspecified atom stereocenters. The fourth-order valence-electron chi connectivity index (χ4n) is 1.63. The van der Waals surface area contributed by atoms with Gasteiger partial charge < -0.3 is 10.3 Å². The van der Waals surface area contributed by atoms with Gasteiger partial charge in [-0.2, -0.15) is 0 Å². The zero-order valence-corrected chi connectivity index (χ0v) is 12.1. The molecule has 0 aliphatic carbocycles. The molecule has 0 spiro atoms. The molecule has 0 saturated heterocycles. The Balaban J connectivity index is 1.99. The molecule has 2 rings (SSSR count). The maximum Gasteiger partial charge on any atom is 0.271 e. The Bertz CT molecular complexity index is 582. The fraction of sp³-hybridized carbons (Fsp3) is 0.385. The van der Waals surface area contributed by atoms with E-state index in [0.717, 1.165) is 5.69 Å². The molecular formula is C13H16ClN5O. The maximum absolute atomic E-state index is 12.1. The summed E-state index contributed by atoms with van der Waals surface area (Å²) in [5, 5.41) is 3.04. The Morgan fingerprint density at radius 1 is 1.45 bits per heavy atom. The molecule has 2 heterocycles. The lowest BCUT2D eigenvalue weighted by Crippen LogP contribution is -2.27. The van der Waals surface area contributed by atoms with Gasteiger partial charge in [-0.15, -0.1) is 0 Å². The summed E-state index contributed by atoms with van der Waals surface area (Å²) in [4.78, 5) is 27.3. The third kappa shape index (κ3) is 3.54. The minimum Gasteiger partial charge on any atom is -0.350 e. The number of carbonyl (C=O) groups is 1. The molecule has 20 heavy (non-hydrogen) atoms. The Labute approximate surface area is 122 Å². The number of amides is 1. The summed E-state index contributed by atoms with van der Waals surface area (Å²) >= 11 is 5.97. The predicted molar refractivity (Wildman–Crippen MR) is 75.8 cm³/mol. The summed E-state index contributed by atoms with van der Waals surface area (Å²) in [6.45, 7) is 4.41. The summed E-state index contributed by atoms with van der Waals surface area (Å²) in [7, 11) is 0. The van der Waals surface area contributed by atoms with E-state index in [-0.39, 0.29) is 22.5 Å². The van der Waals surface area contributed by atoms with E-state index in [1.165, 1.54) is 6.20 Å². The lowest BCUT2D eigenvalue weighted by Gasteiger charge is -2.08. The second kappa shape index (κ2) is 6.47. The van der Waals surface area contributed by atoms with Crippen LogP contribution in [0.2, 0.25) is 5.02 Å². The molecule has 0 aromatic carbocycles. The number of carbonyl (C=O) groups excluding carboxylic acids is 1. The first-order valence-corrected chi connectivity index (χ1v) is 6.73. The van der Waals surface area contributed by atoms with E-state index in [2.05, 4.69) is 25.3 Å². The van der Waals surface area contributed by atoms with Crippen molar-refractivity contribution in [3.8, 4) is 0 Å². The zero-order valence-electron chi connectivity index (χ0n) is 11.4. The predicted octanol–water partition coefficient (Wildman–Crippen LogP) is 1.95. The highest BCUT2D eigenvalue weighted by Gasteiger charge is 2.15. The number of rotatable bonds is 5. The van der Waals surface area contributed by atoms with E-state index in [4.69, 9.17) is 11.6 Å². The van der Waals surface area contributed by atoms with Crippen molar-refractivity contribution in [2.24, 2.45) is 0 Å².